The molecule has 1 aliphatic heterocycles. The van der Waals surface area contributed by atoms with Gasteiger partial charge in [-0.2, -0.15) is 10.4 Å². The van der Waals surface area contributed by atoms with Gasteiger partial charge in [0.1, 0.15) is 0 Å². The van der Waals surface area contributed by atoms with Crippen molar-refractivity contribution in [3.05, 3.63) is 34.8 Å². The molecular formula is C23H34N5O4S+. The Morgan fingerprint density at radius 3 is 2.67 bits per heavy atom. The van der Waals surface area contributed by atoms with E-state index < -0.39 is 4.92 Å². The molecule has 1 saturated heterocycles. The Morgan fingerprint density at radius 1 is 1.27 bits per heavy atom. The quantitative estimate of drug-likeness (QED) is 0.409. The van der Waals surface area contributed by atoms with E-state index in [0.717, 1.165) is 29.8 Å². The summed E-state index contributed by atoms with van der Waals surface area (Å²) in [5, 5.41) is 26.8. The third kappa shape index (κ3) is 5.37. The van der Waals surface area contributed by atoms with Crippen LogP contribution < -0.4 is 15.1 Å². The number of aromatic nitrogens is 1. The van der Waals surface area contributed by atoms with E-state index in [9.17, 15) is 15.2 Å². The Kier molecular flexibility index (Phi) is 7.62. The predicted octanol–water partition coefficient (Wildman–Crippen LogP) is 4.06. The number of aryl methyl sites for hydroxylation is 1. The minimum Gasteiger partial charge on any atom is -0.378 e. The number of ether oxygens (including phenoxy) is 1. The normalized spacial score (nSPS) is 18.3. The molecular weight excluding hydrogens is 442 g/mol. The molecule has 1 aromatic carbocycles. The van der Waals surface area contributed by atoms with Crippen molar-refractivity contribution in [2.24, 2.45) is 0 Å². The molecule has 1 saturated carbocycles. The number of hydrogen-bond acceptors (Lipinski definition) is 8. The maximum Gasteiger partial charge on any atom is 0.259 e. The Morgan fingerprint density at radius 2 is 2.00 bits per heavy atom. The van der Waals surface area contributed by atoms with Crippen molar-refractivity contribution in [2.45, 2.75) is 51.5 Å². The molecule has 3 N–H and O–H groups in total. The van der Waals surface area contributed by atoms with Crippen LogP contribution in [0.3, 0.4) is 0 Å². The molecule has 1 aliphatic carbocycles. The summed E-state index contributed by atoms with van der Waals surface area (Å²) in [5.74, 6) is -0.312. The molecule has 1 amide bonds. The molecule has 0 unspecified atom stereocenters. The number of morpholine rings is 1. The van der Waals surface area contributed by atoms with Crippen LogP contribution in [0.15, 0.2) is 24.4 Å². The molecule has 10 heteroatoms. The second kappa shape index (κ2) is 10.5. The number of nitrogens with one attached hydrogen (secondary N) is 1. The zero-order chi connectivity index (χ0) is 23.4. The van der Waals surface area contributed by atoms with Gasteiger partial charge in [-0.15, -0.1) is 11.3 Å². The Bertz CT molecular complexity index is 954. The highest BCUT2D eigenvalue weighted by Gasteiger charge is 2.39. The van der Waals surface area contributed by atoms with Crippen molar-refractivity contribution in [1.82, 2.24) is 14.9 Å². The molecule has 9 nitrogen and oxygen atoms in total. The molecule has 1 aromatic heterocycles. The standard InChI is InChI=1S/C23H33N5O4S/c1-3-19-16-24-23(33-19)25-22(29)20-15-18(28(30,31)27-11-13-32-14-12-27)9-10-21(20)26(2)17-7-5-4-6-8-17/h9-10,15-17,30-31H,3-8,11-14H2,1-2H3/p+1. The van der Waals surface area contributed by atoms with E-state index in [1.54, 1.807) is 18.3 Å². The van der Waals surface area contributed by atoms with Gasteiger partial charge in [-0.1, -0.05) is 31.2 Å². The molecule has 2 aromatic rings. The van der Waals surface area contributed by atoms with Crippen molar-refractivity contribution in [3.8, 4) is 0 Å². The molecule has 2 aliphatic rings. The van der Waals surface area contributed by atoms with Gasteiger partial charge in [0.15, 0.2) is 5.13 Å². The van der Waals surface area contributed by atoms with Gasteiger partial charge in [0.2, 0.25) is 5.69 Å². The second-order valence-electron chi connectivity index (χ2n) is 8.68. The molecule has 0 radical (unpaired) electrons. The molecule has 33 heavy (non-hydrogen) atoms. The molecule has 0 spiro atoms. The predicted molar refractivity (Wildman–Crippen MR) is 129 cm³/mol. The maximum absolute atomic E-state index is 13.4. The van der Waals surface area contributed by atoms with Crippen LogP contribution in [0, 0.1) is 0 Å². The minimum atomic E-state index is -1.41. The van der Waals surface area contributed by atoms with Gasteiger partial charge in [0, 0.05) is 42.0 Å². The number of nitrogens with zero attached hydrogens (tertiary/aromatic N) is 4. The lowest BCUT2D eigenvalue weighted by Crippen LogP contribution is -2.60. The lowest BCUT2D eigenvalue weighted by Gasteiger charge is -2.36. The lowest BCUT2D eigenvalue weighted by atomic mass is 9.93. The first-order valence-corrected chi connectivity index (χ1v) is 12.5. The van der Waals surface area contributed by atoms with E-state index >= 15 is 0 Å². The van der Waals surface area contributed by atoms with Crippen LogP contribution in [0.4, 0.5) is 16.5 Å². The van der Waals surface area contributed by atoms with Crippen LogP contribution in [0.5, 0.6) is 0 Å². The number of carbonyl (C=O) groups is 1. The summed E-state index contributed by atoms with van der Waals surface area (Å²) in [4.78, 5) is 19.6. The van der Waals surface area contributed by atoms with E-state index in [1.807, 2.05) is 20.0 Å². The first-order valence-electron chi connectivity index (χ1n) is 11.7. The molecule has 0 atom stereocenters. The van der Waals surface area contributed by atoms with Crippen LogP contribution in [0.25, 0.3) is 0 Å². The number of hydrogen-bond donors (Lipinski definition) is 3. The number of rotatable bonds is 7. The van der Waals surface area contributed by atoms with Gasteiger partial charge in [0.05, 0.1) is 36.8 Å². The third-order valence-corrected chi connectivity index (χ3v) is 7.64. The number of carbonyl (C=O) groups excluding carboxylic acids is 1. The number of amides is 1. The number of thiazole rings is 1. The molecule has 4 rings (SSSR count). The second-order valence-corrected chi connectivity index (χ2v) is 9.79. The van der Waals surface area contributed by atoms with Crippen molar-refractivity contribution >= 4 is 33.8 Å². The van der Waals surface area contributed by atoms with E-state index in [1.165, 1.54) is 35.6 Å². The van der Waals surface area contributed by atoms with Gasteiger partial charge >= 0.3 is 0 Å². The average Bonchev–Trinajstić information content (AvgIpc) is 3.31. The maximum atomic E-state index is 13.4. The van der Waals surface area contributed by atoms with Gasteiger partial charge in [0.25, 0.3) is 5.91 Å². The SMILES string of the molecule is CCc1cnc(NC(=O)c2cc([N+](O)(O)N3CCOCC3)ccc2N(C)C2CCCCC2)s1. The number of quaternary nitrogens is 1. The molecule has 180 valence electrons. The van der Waals surface area contributed by atoms with E-state index in [0.29, 0.717) is 43.0 Å². The summed E-state index contributed by atoms with van der Waals surface area (Å²) in [6.45, 7) is 3.63. The summed E-state index contributed by atoms with van der Waals surface area (Å²) in [6.07, 6.45) is 8.39. The number of anilines is 2. The fraction of sp³-hybridized carbons (Fsp3) is 0.565. The molecule has 2 heterocycles. The highest BCUT2D eigenvalue weighted by Crippen LogP contribution is 2.33. The first kappa shape index (κ1) is 24.1. The summed E-state index contributed by atoms with van der Waals surface area (Å²) in [7, 11) is 2.02. The summed E-state index contributed by atoms with van der Waals surface area (Å²) < 4.78 is 5.34. The van der Waals surface area contributed by atoms with E-state index in [2.05, 4.69) is 15.2 Å². The fourth-order valence-electron chi connectivity index (χ4n) is 4.55. The first-order chi connectivity index (χ1) is 15.9. The molecule has 0 bridgehead atoms. The largest absolute Gasteiger partial charge is 0.378 e. The Labute approximate surface area is 198 Å². The number of benzene rings is 1. The summed E-state index contributed by atoms with van der Waals surface area (Å²) in [6, 6.07) is 5.43. The lowest BCUT2D eigenvalue weighted by molar-refractivity contribution is -0.407. The van der Waals surface area contributed by atoms with Crippen molar-refractivity contribution in [2.75, 3.05) is 43.6 Å². The van der Waals surface area contributed by atoms with Crippen LogP contribution >= 0.6 is 11.3 Å². The van der Waals surface area contributed by atoms with Gasteiger partial charge in [-0.25, -0.2) is 4.98 Å². The van der Waals surface area contributed by atoms with E-state index in [-0.39, 0.29) is 11.6 Å². The Hall–Kier alpha value is -2.08. The van der Waals surface area contributed by atoms with Crippen molar-refractivity contribution < 1.29 is 19.9 Å². The third-order valence-electron chi connectivity index (χ3n) is 6.58. The van der Waals surface area contributed by atoms with E-state index in [4.69, 9.17) is 4.74 Å². The zero-order valence-electron chi connectivity index (χ0n) is 19.4. The summed E-state index contributed by atoms with van der Waals surface area (Å²) in [5.41, 5.74) is 1.38. The smallest absolute Gasteiger partial charge is 0.259 e. The van der Waals surface area contributed by atoms with Gasteiger partial charge in [-0.3, -0.25) is 10.1 Å². The summed E-state index contributed by atoms with van der Waals surface area (Å²) >= 11 is 1.45. The van der Waals surface area contributed by atoms with Crippen LogP contribution in [0.1, 0.15) is 54.3 Å². The van der Waals surface area contributed by atoms with Crippen molar-refractivity contribution in [3.63, 3.8) is 0 Å². The fourth-order valence-corrected chi connectivity index (χ4v) is 5.30. The van der Waals surface area contributed by atoms with Gasteiger partial charge < -0.3 is 9.64 Å². The Balaban J connectivity index is 1.67. The highest BCUT2D eigenvalue weighted by molar-refractivity contribution is 7.15. The van der Waals surface area contributed by atoms with Crippen LogP contribution in [-0.4, -0.2) is 65.7 Å². The van der Waals surface area contributed by atoms with Crippen LogP contribution in [0.2, 0.25) is 0 Å². The van der Waals surface area contributed by atoms with Crippen molar-refractivity contribution in [1.29, 1.82) is 0 Å². The minimum absolute atomic E-state index is 0.205. The topological polar surface area (TPSA) is 98.2 Å². The average molecular weight is 477 g/mol. The highest BCUT2D eigenvalue weighted by atomic mass is 32.1. The zero-order valence-corrected chi connectivity index (χ0v) is 20.2. The van der Waals surface area contributed by atoms with Gasteiger partial charge in [-0.05, 0) is 25.3 Å². The van der Waals surface area contributed by atoms with Crippen LogP contribution in [-0.2, 0) is 11.2 Å². The molecule has 2 fully saturated rings. The monoisotopic (exact) mass is 476 g/mol.